The van der Waals surface area contributed by atoms with Gasteiger partial charge in [0.25, 0.3) is 0 Å². The lowest BCUT2D eigenvalue weighted by Crippen LogP contribution is -2.15. The number of amides is 1. The predicted octanol–water partition coefficient (Wildman–Crippen LogP) is 1.29. The zero-order valence-electron chi connectivity index (χ0n) is 11.6. The number of carbonyl (C=O) groups is 2. The molecule has 0 unspecified atom stereocenters. The first-order valence-corrected chi connectivity index (χ1v) is 7.32. The average molecular weight is 304 g/mol. The van der Waals surface area contributed by atoms with Gasteiger partial charge in [-0.1, -0.05) is 11.8 Å². The number of aryl methyl sites for hydroxylation is 1. The third kappa shape index (κ3) is 4.17. The first-order chi connectivity index (χ1) is 10.1. The highest BCUT2D eigenvalue weighted by molar-refractivity contribution is 7.99. The largest absolute Gasteiger partial charge is 0.329 e. The van der Waals surface area contributed by atoms with Crippen molar-refractivity contribution in [3.05, 3.63) is 42.2 Å². The van der Waals surface area contributed by atoms with Crippen LogP contribution in [0.5, 0.6) is 0 Å². The molecule has 21 heavy (non-hydrogen) atoms. The number of ketones is 1. The van der Waals surface area contributed by atoms with Crippen molar-refractivity contribution in [3.63, 3.8) is 0 Å². The molecule has 2 rings (SSSR count). The first kappa shape index (κ1) is 15.3. The number of aromatic nitrogens is 2. The molecule has 1 aromatic heterocycles. The van der Waals surface area contributed by atoms with E-state index in [2.05, 4.69) is 10.3 Å². The number of thioether (sulfide) groups is 1. The van der Waals surface area contributed by atoms with Crippen molar-refractivity contribution < 1.29 is 9.59 Å². The predicted molar refractivity (Wildman–Crippen MR) is 82.4 cm³/mol. The maximum atomic E-state index is 11.8. The molecule has 110 valence electrons. The van der Waals surface area contributed by atoms with Crippen molar-refractivity contribution in [2.24, 2.45) is 12.8 Å². The maximum Gasteiger partial charge on any atom is 0.234 e. The molecular weight excluding hydrogens is 288 g/mol. The standard InChI is InChI=1S/C14H16N4O2S/c1-18-7-6-16-14(18)21-9-13(20)17-11-4-2-10(3-5-11)12(19)8-15/h2-7H,8-9,15H2,1H3,(H,17,20). The number of carbonyl (C=O) groups excluding carboxylic acids is 2. The lowest BCUT2D eigenvalue weighted by atomic mass is 10.1. The van der Waals surface area contributed by atoms with Gasteiger partial charge in [-0.3, -0.25) is 9.59 Å². The van der Waals surface area contributed by atoms with Crippen LogP contribution < -0.4 is 11.1 Å². The monoisotopic (exact) mass is 304 g/mol. The minimum absolute atomic E-state index is 0.0218. The topological polar surface area (TPSA) is 90.0 Å². The first-order valence-electron chi connectivity index (χ1n) is 6.33. The third-order valence-electron chi connectivity index (χ3n) is 2.79. The minimum Gasteiger partial charge on any atom is -0.329 e. The highest BCUT2D eigenvalue weighted by Crippen LogP contribution is 2.15. The van der Waals surface area contributed by atoms with E-state index in [0.29, 0.717) is 11.3 Å². The molecule has 0 aliphatic carbocycles. The number of rotatable bonds is 6. The fourth-order valence-corrected chi connectivity index (χ4v) is 2.41. The van der Waals surface area contributed by atoms with Gasteiger partial charge in [-0.25, -0.2) is 4.98 Å². The number of hydrogen-bond acceptors (Lipinski definition) is 5. The Balaban J connectivity index is 1.88. The number of imidazole rings is 1. The Kier molecular flexibility index (Phi) is 5.13. The SMILES string of the molecule is Cn1ccnc1SCC(=O)Nc1ccc(C(=O)CN)cc1. The van der Waals surface area contributed by atoms with Crippen molar-refractivity contribution in [1.29, 1.82) is 0 Å². The summed E-state index contributed by atoms with van der Waals surface area (Å²) < 4.78 is 1.85. The Morgan fingerprint density at radius 3 is 2.62 bits per heavy atom. The average Bonchev–Trinajstić information content (AvgIpc) is 2.90. The van der Waals surface area contributed by atoms with Crippen molar-refractivity contribution >= 4 is 29.1 Å². The van der Waals surface area contributed by atoms with Gasteiger partial charge >= 0.3 is 0 Å². The lowest BCUT2D eigenvalue weighted by molar-refractivity contribution is -0.113. The summed E-state index contributed by atoms with van der Waals surface area (Å²) in [6, 6.07) is 6.67. The van der Waals surface area contributed by atoms with Crippen LogP contribution in [-0.4, -0.2) is 33.5 Å². The summed E-state index contributed by atoms with van der Waals surface area (Å²) in [5, 5.41) is 3.55. The van der Waals surface area contributed by atoms with E-state index in [9.17, 15) is 9.59 Å². The van der Waals surface area contributed by atoms with Gasteiger partial charge in [0.05, 0.1) is 12.3 Å². The molecular formula is C14H16N4O2S. The molecule has 0 spiro atoms. The maximum absolute atomic E-state index is 11.8. The number of benzene rings is 1. The van der Waals surface area contributed by atoms with Gasteiger partial charge in [0, 0.05) is 30.7 Å². The Labute approximate surface area is 126 Å². The van der Waals surface area contributed by atoms with Crippen LogP contribution in [0.1, 0.15) is 10.4 Å². The molecule has 1 aromatic carbocycles. The molecule has 0 radical (unpaired) electrons. The minimum atomic E-state index is -0.127. The van der Waals surface area contributed by atoms with Crippen molar-refractivity contribution in [1.82, 2.24) is 9.55 Å². The Morgan fingerprint density at radius 2 is 2.05 bits per heavy atom. The normalized spacial score (nSPS) is 10.4. The second-order valence-electron chi connectivity index (χ2n) is 4.36. The van der Waals surface area contributed by atoms with Crippen molar-refractivity contribution in [2.45, 2.75) is 5.16 Å². The van der Waals surface area contributed by atoms with Gasteiger partial charge in [0.2, 0.25) is 5.91 Å². The van der Waals surface area contributed by atoms with E-state index in [1.807, 2.05) is 17.8 Å². The third-order valence-corrected chi connectivity index (χ3v) is 3.84. The van der Waals surface area contributed by atoms with Crippen LogP contribution in [0.15, 0.2) is 41.8 Å². The van der Waals surface area contributed by atoms with Gasteiger partial charge in [-0.2, -0.15) is 0 Å². The van der Waals surface area contributed by atoms with Gasteiger partial charge in [0.15, 0.2) is 10.9 Å². The second kappa shape index (κ2) is 7.05. The molecule has 0 bridgehead atoms. The molecule has 1 heterocycles. The van der Waals surface area contributed by atoms with E-state index >= 15 is 0 Å². The van der Waals surface area contributed by atoms with Crippen LogP contribution in [0.4, 0.5) is 5.69 Å². The summed E-state index contributed by atoms with van der Waals surface area (Å²) in [5.74, 6) is 0.0213. The molecule has 0 aliphatic heterocycles. The smallest absolute Gasteiger partial charge is 0.234 e. The molecule has 0 atom stereocenters. The number of nitrogens with two attached hydrogens (primary N) is 1. The Hall–Kier alpha value is -2.12. The van der Waals surface area contributed by atoms with Gasteiger partial charge in [0.1, 0.15) is 0 Å². The summed E-state index contributed by atoms with van der Waals surface area (Å²) in [5.41, 5.74) is 6.48. The fraction of sp³-hybridized carbons (Fsp3) is 0.214. The number of nitrogens with zero attached hydrogens (tertiary/aromatic N) is 2. The van der Waals surface area contributed by atoms with Gasteiger partial charge in [-0.05, 0) is 24.3 Å². The van der Waals surface area contributed by atoms with E-state index in [-0.39, 0.29) is 24.0 Å². The second-order valence-corrected chi connectivity index (χ2v) is 5.30. The van der Waals surface area contributed by atoms with E-state index in [1.165, 1.54) is 11.8 Å². The summed E-state index contributed by atoms with van der Waals surface area (Å²) in [6.07, 6.45) is 3.51. The van der Waals surface area contributed by atoms with Crippen LogP contribution in [0.25, 0.3) is 0 Å². The molecule has 3 N–H and O–H groups in total. The zero-order chi connectivity index (χ0) is 15.2. The number of Topliss-reactive ketones (excluding diaryl/α,β-unsaturated/α-hetero) is 1. The van der Waals surface area contributed by atoms with Crippen molar-refractivity contribution in [3.8, 4) is 0 Å². The van der Waals surface area contributed by atoms with Gasteiger partial charge < -0.3 is 15.6 Å². The molecule has 6 nitrogen and oxygen atoms in total. The summed E-state index contributed by atoms with van der Waals surface area (Å²) in [6.45, 7) is -0.0218. The Bertz CT molecular complexity index is 637. The lowest BCUT2D eigenvalue weighted by Gasteiger charge is -2.06. The van der Waals surface area contributed by atoms with Crippen LogP contribution in [0.3, 0.4) is 0 Å². The number of hydrogen-bond donors (Lipinski definition) is 2. The molecule has 0 saturated heterocycles. The highest BCUT2D eigenvalue weighted by Gasteiger charge is 2.07. The van der Waals surface area contributed by atoms with Crippen LogP contribution in [0, 0.1) is 0 Å². The molecule has 0 aliphatic rings. The van der Waals surface area contributed by atoms with E-state index in [4.69, 9.17) is 5.73 Å². The van der Waals surface area contributed by atoms with Gasteiger partial charge in [-0.15, -0.1) is 0 Å². The summed E-state index contributed by atoms with van der Waals surface area (Å²) >= 11 is 1.36. The van der Waals surface area contributed by atoms with Crippen molar-refractivity contribution in [2.75, 3.05) is 17.6 Å². The van der Waals surface area contributed by atoms with E-state index < -0.39 is 0 Å². The summed E-state index contributed by atoms with van der Waals surface area (Å²) in [4.78, 5) is 27.4. The van der Waals surface area contributed by atoms with Crippen LogP contribution in [0.2, 0.25) is 0 Å². The zero-order valence-corrected chi connectivity index (χ0v) is 12.4. The molecule has 2 aromatic rings. The molecule has 7 heteroatoms. The summed E-state index contributed by atoms with van der Waals surface area (Å²) in [7, 11) is 1.88. The van der Waals surface area contributed by atoms with E-state index in [0.717, 1.165) is 5.16 Å². The quantitative estimate of drug-likeness (QED) is 0.620. The fourth-order valence-electron chi connectivity index (χ4n) is 1.68. The van der Waals surface area contributed by atoms with Crippen LogP contribution in [-0.2, 0) is 11.8 Å². The molecule has 1 amide bonds. The van der Waals surface area contributed by atoms with E-state index in [1.54, 1.807) is 30.5 Å². The molecule has 0 fully saturated rings. The Morgan fingerprint density at radius 1 is 1.33 bits per heavy atom. The number of nitrogens with one attached hydrogen (secondary N) is 1. The highest BCUT2D eigenvalue weighted by atomic mass is 32.2. The molecule has 0 saturated carbocycles. The van der Waals surface area contributed by atoms with Crippen LogP contribution >= 0.6 is 11.8 Å². The number of anilines is 1.